The van der Waals surface area contributed by atoms with Crippen LogP contribution in [0.5, 0.6) is 0 Å². The summed E-state index contributed by atoms with van der Waals surface area (Å²) < 4.78 is 24.0. The first-order valence-electron chi connectivity index (χ1n) is 5.85. The van der Waals surface area contributed by atoms with Crippen LogP contribution in [0.3, 0.4) is 0 Å². The molecule has 1 aliphatic rings. The minimum Gasteiger partial charge on any atom is -0.444 e. The molecule has 1 saturated heterocycles. The van der Waals surface area contributed by atoms with Gasteiger partial charge in [-0.05, 0) is 27.7 Å². The van der Waals surface area contributed by atoms with E-state index in [0.717, 1.165) is 6.26 Å². The molecule has 0 aromatic rings. The smallest absolute Gasteiger partial charge is 0.410 e. The molecule has 1 N–H and O–H groups in total. The Labute approximate surface area is 119 Å². The van der Waals surface area contributed by atoms with Gasteiger partial charge in [0.2, 0.25) is 9.05 Å². The number of amides is 1. The molecule has 1 fully saturated rings. The van der Waals surface area contributed by atoms with Crippen LogP contribution in [0.4, 0.5) is 4.79 Å². The number of carbonyl (C=O) groups is 1. The highest BCUT2D eigenvalue weighted by Gasteiger charge is 2.35. The largest absolute Gasteiger partial charge is 0.444 e. The van der Waals surface area contributed by atoms with Crippen LogP contribution in [-0.2, 0) is 13.8 Å². The topological polar surface area (TPSA) is 83.9 Å². The fourth-order valence-corrected chi connectivity index (χ4v) is 1.29. The Morgan fingerprint density at radius 1 is 1.42 bits per heavy atom. The van der Waals surface area contributed by atoms with Crippen molar-refractivity contribution in [1.82, 2.24) is 4.90 Å². The van der Waals surface area contributed by atoms with Crippen molar-refractivity contribution < 1.29 is 23.1 Å². The molecular weight excluding hydrogens is 294 g/mol. The van der Waals surface area contributed by atoms with Crippen molar-refractivity contribution in [2.45, 2.75) is 39.4 Å². The molecule has 0 aliphatic carbocycles. The SMILES string of the molecule is CC(O)C1CN(C(=O)OC(C)(C)C)C1.CS(=O)(=O)Cl. The maximum atomic E-state index is 11.4. The number of hydrogen-bond donors (Lipinski definition) is 1. The summed E-state index contributed by atoms with van der Waals surface area (Å²) in [6, 6.07) is 0. The minimum atomic E-state index is -3.19. The molecule has 8 heteroatoms. The lowest BCUT2D eigenvalue weighted by atomic mass is 9.95. The van der Waals surface area contributed by atoms with Crippen LogP contribution < -0.4 is 0 Å². The van der Waals surface area contributed by atoms with Gasteiger partial charge >= 0.3 is 6.09 Å². The second-order valence-electron chi connectivity index (χ2n) is 5.57. The summed E-state index contributed by atoms with van der Waals surface area (Å²) in [4.78, 5) is 13.0. The average Bonchev–Trinajstić information content (AvgIpc) is 1.90. The predicted octanol–water partition coefficient (Wildman–Crippen LogP) is 1.42. The summed E-state index contributed by atoms with van der Waals surface area (Å²) in [6.07, 6.45) is 0.303. The molecule has 1 rings (SSSR count). The van der Waals surface area contributed by atoms with Gasteiger partial charge < -0.3 is 14.7 Å². The summed E-state index contributed by atoms with van der Waals surface area (Å²) in [5.41, 5.74) is -0.437. The number of aliphatic hydroxyl groups excluding tert-OH is 1. The Hall–Kier alpha value is -0.530. The van der Waals surface area contributed by atoms with Crippen molar-refractivity contribution in [3.63, 3.8) is 0 Å². The van der Waals surface area contributed by atoms with Crippen molar-refractivity contribution in [3.05, 3.63) is 0 Å². The number of carbonyl (C=O) groups excluding carboxylic acids is 1. The molecule has 1 aliphatic heterocycles. The van der Waals surface area contributed by atoms with Gasteiger partial charge in [0, 0.05) is 29.7 Å². The van der Waals surface area contributed by atoms with Crippen molar-refractivity contribution in [1.29, 1.82) is 0 Å². The van der Waals surface area contributed by atoms with Crippen LogP contribution in [0, 0.1) is 5.92 Å². The summed E-state index contributed by atoms with van der Waals surface area (Å²) in [7, 11) is 1.31. The van der Waals surface area contributed by atoms with E-state index in [1.54, 1.807) is 11.8 Å². The van der Waals surface area contributed by atoms with E-state index >= 15 is 0 Å². The lowest BCUT2D eigenvalue weighted by Gasteiger charge is -2.41. The third-order valence-corrected chi connectivity index (χ3v) is 2.24. The van der Waals surface area contributed by atoms with Crippen LogP contribution in [0.15, 0.2) is 0 Å². The first-order valence-corrected chi connectivity index (χ1v) is 8.57. The van der Waals surface area contributed by atoms with Crippen LogP contribution in [0.2, 0.25) is 0 Å². The Morgan fingerprint density at radius 3 is 2.05 bits per heavy atom. The third-order valence-electron chi connectivity index (χ3n) is 2.24. The third kappa shape index (κ3) is 9.98. The van der Waals surface area contributed by atoms with E-state index in [1.807, 2.05) is 20.8 Å². The number of likely N-dealkylation sites (tertiary alicyclic amines) is 1. The Balaban J connectivity index is 0.000000555. The lowest BCUT2D eigenvalue weighted by molar-refractivity contribution is -0.0261. The monoisotopic (exact) mass is 315 g/mol. The summed E-state index contributed by atoms with van der Waals surface area (Å²) in [5.74, 6) is 0.211. The van der Waals surface area contributed by atoms with Crippen LogP contribution in [0.1, 0.15) is 27.7 Å². The summed E-state index contributed by atoms with van der Waals surface area (Å²) >= 11 is 0. The van der Waals surface area contributed by atoms with Crippen LogP contribution >= 0.6 is 10.7 Å². The van der Waals surface area contributed by atoms with Crippen molar-refractivity contribution in [2.24, 2.45) is 5.92 Å². The Kier molecular flexibility index (Phi) is 6.57. The standard InChI is InChI=1S/C10H19NO3.CH3ClO2S/c1-7(12)8-5-11(6-8)9(13)14-10(2,3)4;1-5(2,3)4/h7-8,12H,5-6H2,1-4H3;1H3. The van der Waals surface area contributed by atoms with Crippen molar-refractivity contribution in [2.75, 3.05) is 19.3 Å². The van der Waals surface area contributed by atoms with E-state index in [9.17, 15) is 18.3 Å². The second kappa shape index (κ2) is 6.76. The molecule has 0 bridgehead atoms. The summed E-state index contributed by atoms with van der Waals surface area (Å²) in [6.45, 7) is 8.49. The molecule has 1 heterocycles. The van der Waals surface area contributed by atoms with Crippen molar-refractivity contribution >= 4 is 25.8 Å². The highest BCUT2D eigenvalue weighted by atomic mass is 35.7. The predicted molar refractivity (Wildman–Crippen MR) is 73.7 cm³/mol. The molecule has 1 unspecified atom stereocenters. The number of hydrogen-bond acceptors (Lipinski definition) is 5. The molecule has 0 aromatic heterocycles. The average molecular weight is 316 g/mol. The van der Waals surface area contributed by atoms with Gasteiger partial charge in [0.15, 0.2) is 0 Å². The quantitative estimate of drug-likeness (QED) is 0.740. The summed E-state index contributed by atoms with van der Waals surface area (Å²) in [5, 5.41) is 9.23. The van der Waals surface area contributed by atoms with E-state index in [4.69, 9.17) is 4.74 Å². The van der Waals surface area contributed by atoms with Gasteiger partial charge in [-0.2, -0.15) is 0 Å². The number of aliphatic hydroxyl groups is 1. The van der Waals surface area contributed by atoms with Gasteiger partial charge in [0.05, 0.1) is 12.4 Å². The Bertz CT molecular complexity index is 388. The second-order valence-corrected chi connectivity index (χ2v) is 8.61. The van der Waals surface area contributed by atoms with E-state index < -0.39 is 14.7 Å². The van der Waals surface area contributed by atoms with Gasteiger partial charge in [0.1, 0.15) is 5.60 Å². The molecule has 6 nitrogen and oxygen atoms in total. The van der Waals surface area contributed by atoms with Crippen LogP contribution in [0.25, 0.3) is 0 Å². The molecule has 19 heavy (non-hydrogen) atoms. The minimum absolute atomic E-state index is 0.211. The molecule has 0 saturated carbocycles. The molecule has 0 radical (unpaired) electrons. The highest BCUT2D eigenvalue weighted by molar-refractivity contribution is 8.13. The van der Waals surface area contributed by atoms with Gasteiger partial charge in [-0.3, -0.25) is 0 Å². The Morgan fingerprint density at radius 2 is 1.79 bits per heavy atom. The zero-order valence-corrected chi connectivity index (χ0v) is 13.5. The zero-order valence-electron chi connectivity index (χ0n) is 11.9. The zero-order chi connectivity index (χ0) is 15.4. The molecule has 0 aromatic carbocycles. The van der Waals surface area contributed by atoms with Crippen molar-refractivity contribution in [3.8, 4) is 0 Å². The maximum absolute atomic E-state index is 11.4. The first-order chi connectivity index (χ1) is 8.29. The number of nitrogens with zero attached hydrogens (tertiary/aromatic N) is 1. The van der Waals surface area contributed by atoms with E-state index in [-0.39, 0.29) is 18.1 Å². The first kappa shape index (κ1) is 18.5. The molecule has 1 amide bonds. The number of halogens is 1. The van der Waals surface area contributed by atoms with Gasteiger partial charge in [-0.15, -0.1) is 0 Å². The van der Waals surface area contributed by atoms with E-state index in [0.29, 0.717) is 13.1 Å². The van der Waals surface area contributed by atoms with Gasteiger partial charge in [-0.25, -0.2) is 13.2 Å². The fourth-order valence-electron chi connectivity index (χ4n) is 1.29. The highest BCUT2D eigenvalue weighted by Crippen LogP contribution is 2.21. The van der Waals surface area contributed by atoms with Gasteiger partial charge in [0.25, 0.3) is 0 Å². The number of ether oxygens (including phenoxy) is 1. The molecule has 0 spiro atoms. The molecular formula is C11H22ClNO5S. The molecule has 114 valence electrons. The lowest BCUT2D eigenvalue weighted by Crippen LogP contribution is -2.54. The molecule has 1 atom stereocenters. The maximum Gasteiger partial charge on any atom is 0.410 e. The normalized spacial score (nSPS) is 17.9. The van der Waals surface area contributed by atoms with Gasteiger partial charge in [-0.1, -0.05) is 0 Å². The van der Waals surface area contributed by atoms with E-state index in [2.05, 4.69) is 10.7 Å². The number of rotatable bonds is 1. The fraction of sp³-hybridized carbons (Fsp3) is 0.909. The van der Waals surface area contributed by atoms with E-state index in [1.165, 1.54) is 0 Å². The van der Waals surface area contributed by atoms with Crippen LogP contribution in [-0.4, -0.2) is 55.6 Å².